The maximum absolute atomic E-state index is 13.9. The molecule has 8 heteroatoms. The van der Waals surface area contributed by atoms with Crippen molar-refractivity contribution in [2.45, 2.75) is 0 Å². The van der Waals surface area contributed by atoms with Gasteiger partial charge in [-0.15, -0.1) is 0 Å². The average molecular weight is 351 g/mol. The fourth-order valence-electron chi connectivity index (χ4n) is 2.41. The highest BCUT2D eigenvalue weighted by molar-refractivity contribution is 5.65. The Morgan fingerprint density at radius 2 is 1.85 bits per heavy atom. The van der Waals surface area contributed by atoms with Gasteiger partial charge in [0, 0.05) is 31.9 Å². The zero-order chi connectivity index (χ0) is 18.1. The SMILES string of the molecule is CN(C)c1cc(-c2noc(-c3cc(-c4ccccc4F)on3)n2)ccn1. The molecule has 130 valence electrons. The first kappa shape index (κ1) is 15.9. The summed E-state index contributed by atoms with van der Waals surface area (Å²) in [4.78, 5) is 10.5. The van der Waals surface area contributed by atoms with Crippen LogP contribution in [0.3, 0.4) is 0 Å². The molecule has 0 fully saturated rings. The molecule has 0 N–H and O–H groups in total. The van der Waals surface area contributed by atoms with Crippen LogP contribution in [0.4, 0.5) is 10.2 Å². The second kappa shape index (κ2) is 6.40. The molecule has 0 atom stereocenters. The second-order valence-corrected chi connectivity index (χ2v) is 5.78. The molecule has 4 rings (SSSR count). The summed E-state index contributed by atoms with van der Waals surface area (Å²) in [6, 6.07) is 11.5. The number of aromatic nitrogens is 4. The van der Waals surface area contributed by atoms with E-state index in [0.717, 1.165) is 11.4 Å². The first-order valence-electron chi connectivity index (χ1n) is 7.81. The number of nitrogens with zero attached hydrogens (tertiary/aromatic N) is 5. The van der Waals surface area contributed by atoms with E-state index < -0.39 is 5.82 Å². The number of benzene rings is 1. The van der Waals surface area contributed by atoms with E-state index in [9.17, 15) is 4.39 Å². The average Bonchev–Trinajstić information content (AvgIpc) is 3.32. The fourth-order valence-corrected chi connectivity index (χ4v) is 2.41. The Morgan fingerprint density at radius 1 is 1.00 bits per heavy atom. The number of rotatable bonds is 4. The van der Waals surface area contributed by atoms with Gasteiger partial charge in [-0.05, 0) is 24.3 Å². The third kappa shape index (κ3) is 2.92. The molecular formula is C18H14FN5O2. The summed E-state index contributed by atoms with van der Waals surface area (Å²) >= 11 is 0. The van der Waals surface area contributed by atoms with Gasteiger partial charge in [0.2, 0.25) is 5.82 Å². The van der Waals surface area contributed by atoms with E-state index in [-0.39, 0.29) is 11.7 Å². The van der Waals surface area contributed by atoms with Crippen molar-refractivity contribution < 1.29 is 13.4 Å². The second-order valence-electron chi connectivity index (χ2n) is 5.78. The lowest BCUT2D eigenvalue weighted by molar-refractivity contribution is 0.410. The number of hydrogen-bond acceptors (Lipinski definition) is 7. The Bertz CT molecular complexity index is 1060. The standard InChI is InChI=1S/C18H14FN5O2/c1-24(2)16-9-11(7-8-20-16)17-21-18(26-23-17)14-10-15(25-22-14)12-5-3-4-6-13(12)19/h3-10H,1-2H3. The van der Waals surface area contributed by atoms with Crippen molar-refractivity contribution in [3.8, 4) is 34.3 Å². The molecule has 0 aliphatic carbocycles. The molecule has 0 aliphatic heterocycles. The van der Waals surface area contributed by atoms with E-state index >= 15 is 0 Å². The van der Waals surface area contributed by atoms with E-state index in [0.29, 0.717) is 17.1 Å². The van der Waals surface area contributed by atoms with E-state index in [4.69, 9.17) is 9.05 Å². The maximum Gasteiger partial charge on any atom is 0.280 e. The third-order valence-corrected chi connectivity index (χ3v) is 3.76. The van der Waals surface area contributed by atoms with E-state index in [2.05, 4.69) is 20.3 Å². The minimum atomic E-state index is -0.394. The summed E-state index contributed by atoms with van der Waals surface area (Å²) in [6.07, 6.45) is 1.67. The van der Waals surface area contributed by atoms with Gasteiger partial charge < -0.3 is 13.9 Å². The molecular weight excluding hydrogens is 337 g/mol. The normalized spacial score (nSPS) is 10.9. The van der Waals surface area contributed by atoms with Gasteiger partial charge in [-0.3, -0.25) is 0 Å². The Morgan fingerprint density at radius 3 is 2.65 bits per heavy atom. The van der Waals surface area contributed by atoms with Crippen molar-refractivity contribution in [1.29, 1.82) is 0 Å². The first-order chi connectivity index (χ1) is 12.6. The van der Waals surface area contributed by atoms with E-state index in [1.807, 2.05) is 25.1 Å². The zero-order valence-corrected chi connectivity index (χ0v) is 14.0. The largest absolute Gasteiger partial charge is 0.363 e. The van der Waals surface area contributed by atoms with Crippen LogP contribution in [0, 0.1) is 5.82 Å². The molecule has 0 saturated carbocycles. The summed E-state index contributed by atoms with van der Waals surface area (Å²) in [7, 11) is 3.79. The molecule has 0 radical (unpaired) electrons. The van der Waals surface area contributed by atoms with Gasteiger partial charge in [-0.2, -0.15) is 4.98 Å². The van der Waals surface area contributed by atoms with Crippen molar-refractivity contribution in [3.63, 3.8) is 0 Å². The quantitative estimate of drug-likeness (QED) is 0.555. The van der Waals surface area contributed by atoms with Crippen molar-refractivity contribution in [2.75, 3.05) is 19.0 Å². The lowest BCUT2D eigenvalue weighted by Gasteiger charge is -2.10. The molecule has 0 aliphatic rings. The molecule has 0 bridgehead atoms. The summed E-state index contributed by atoms with van der Waals surface area (Å²) in [5, 5.41) is 7.87. The molecule has 0 amide bonds. The minimum Gasteiger partial charge on any atom is -0.363 e. The molecule has 4 aromatic rings. The predicted molar refractivity (Wildman–Crippen MR) is 92.7 cm³/mol. The summed E-state index contributed by atoms with van der Waals surface area (Å²) in [5.74, 6) is 1.26. The lowest BCUT2D eigenvalue weighted by atomic mass is 10.1. The molecule has 0 saturated heterocycles. The van der Waals surface area contributed by atoms with Crippen LogP contribution in [0.15, 0.2) is 57.7 Å². The van der Waals surface area contributed by atoms with Crippen LogP contribution in [0.25, 0.3) is 34.3 Å². The predicted octanol–water partition coefficient (Wildman–Crippen LogP) is 3.66. The molecule has 1 aromatic carbocycles. The van der Waals surface area contributed by atoms with Gasteiger partial charge in [0.15, 0.2) is 11.5 Å². The van der Waals surface area contributed by atoms with Gasteiger partial charge in [-0.1, -0.05) is 22.4 Å². The van der Waals surface area contributed by atoms with Crippen LogP contribution in [0.2, 0.25) is 0 Å². The van der Waals surface area contributed by atoms with Crippen LogP contribution >= 0.6 is 0 Å². The van der Waals surface area contributed by atoms with Gasteiger partial charge >= 0.3 is 0 Å². The van der Waals surface area contributed by atoms with Crippen molar-refractivity contribution in [1.82, 2.24) is 20.3 Å². The Hall–Kier alpha value is -3.55. The molecule has 3 heterocycles. The van der Waals surface area contributed by atoms with Crippen molar-refractivity contribution in [3.05, 3.63) is 54.5 Å². The van der Waals surface area contributed by atoms with Crippen LogP contribution in [-0.2, 0) is 0 Å². The highest BCUT2D eigenvalue weighted by Crippen LogP contribution is 2.28. The Labute approximate surface area is 148 Å². The lowest BCUT2D eigenvalue weighted by Crippen LogP contribution is -2.10. The maximum atomic E-state index is 13.9. The molecule has 7 nitrogen and oxygen atoms in total. The van der Waals surface area contributed by atoms with E-state index in [1.165, 1.54) is 6.07 Å². The number of hydrogen-bond donors (Lipinski definition) is 0. The van der Waals surface area contributed by atoms with Gasteiger partial charge in [-0.25, -0.2) is 9.37 Å². The fraction of sp³-hybridized carbons (Fsp3) is 0.111. The third-order valence-electron chi connectivity index (χ3n) is 3.76. The molecule has 3 aromatic heterocycles. The highest BCUT2D eigenvalue weighted by Gasteiger charge is 2.17. The van der Waals surface area contributed by atoms with Crippen LogP contribution in [0.5, 0.6) is 0 Å². The summed E-state index contributed by atoms with van der Waals surface area (Å²) in [5.41, 5.74) is 1.41. The zero-order valence-electron chi connectivity index (χ0n) is 14.0. The smallest absolute Gasteiger partial charge is 0.280 e. The number of pyridine rings is 1. The Balaban J connectivity index is 1.65. The monoisotopic (exact) mass is 351 g/mol. The van der Waals surface area contributed by atoms with Crippen molar-refractivity contribution in [2.24, 2.45) is 0 Å². The highest BCUT2D eigenvalue weighted by atomic mass is 19.1. The minimum absolute atomic E-state index is 0.189. The topological polar surface area (TPSA) is 81.1 Å². The first-order valence-corrected chi connectivity index (χ1v) is 7.81. The number of halogens is 1. The van der Waals surface area contributed by atoms with Gasteiger partial charge in [0.1, 0.15) is 11.6 Å². The van der Waals surface area contributed by atoms with Crippen LogP contribution in [-0.4, -0.2) is 34.4 Å². The van der Waals surface area contributed by atoms with E-state index in [1.54, 1.807) is 36.5 Å². The van der Waals surface area contributed by atoms with Crippen molar-refractivity contribution >= 4 is 5.82 Å². The molecule has 0 unspecified atom stereocenters. The summed E-state index contributed by atoms with van der Waals surface area (Å²) in [6.45, 7) is 0. The summed E-state index contributed by atoms with van der Waals surface area (Å²) < 4.78 is 24.4. The van der Waals surface area contributed by atoms with Gasteiger partial charge in [0.05, 0.1) is 5.56 Å². The number of anilines is 1. The molecule has 0 spiro atoms. The Kier molecular flexibility index (Phi) is 3.92. The van der Waals surface area contributed by atoms with Gasteiger partial charge in [0.25, 0.3) is 5.89 Å². The molecule has 26 heavy (non-hydrogen) atoms. The van der Waals surface area contributed by atoms with Crippen LogP contribution in [0.1, 0.15) is 0 Å². The van der Waals surface area contributed by atoms with Crippen LogP contribution < -0.4 is 4.90 Å².